The van der Waals surface area contributed by atoms with Crippen LogP contribution >= 0.6 is 11.3 Å². The highest BCUT2D eigenvalue weighted by Crippen LogP contribution is 2.39. The molecule has 1 aliphatic heterocycles. The number of aromatic nitrogens is 1. The maximum Gasteiger partial charge on any atom is 0.264 e. The van der Waals surface area contributed by atoms with Crippen molar-refractivity contribution in [2.75, 3.05) is 0 Å². The van der Waals surface area contributed by atoms with Crippen molar-refractivity contribution in [3.63, 3.8) is 0 Å². The third-order valence-electron chi connectivity index (χ3n) is 5.37. The van der Waals surface area contributed by atoms with Gasteiger partial charge in [0.25, 0.3) is 5.91 Å². The number of hydrogen-bond donors (Lipinski definition) is 1. The lowest BCUT2D eigenvalue weighted by molar-refractivity contribution is -0.610. The van der Waals surface area contributed by atoms with Crippen LogP contribution in [0.5, 0.6) is 0 Å². The topological polar surface area (TPSA) is 50.0 Å². The largest absolute Gasteiger partial charge is 0.292 e. The highest BCUT2D eigenvalue weighted by molar-refractivity contribution is 7.26. The molecule has 138 valence electrons. The molecular weight excluding hydrogens is 368 g/mol. The minimum Gasteiger partial charge on any atom is -0.292 e. The summed E-state index contributed by atoms with van der Waals surface area (Å²) in [6, 6.07) is 16.4. The number of nitrogens with one attached hydrogen (secondary N) is 1. The van der Waals surface area contributed by atoms with E-state index in [2.05, 4.69) is 60.1 Å². The van der Waals surface area contributed by atoms with E-state index in [-0.39, 0.29) is 18.2 Å². The fourth-order valence-corrected chi connectivity index (χ4v) is 5.45. The smallest absolute Gasteiger partial charge is 0.264 e. The van der Waals surface area contributed by atoms with Crippen LogP contribution in [-0.2, 0) is 17.6 Å². The number of nitrogens with zero attached hydrogens (tertiary/aromatic N) is 1. The minimum atomic E-state index is -0.302. The number of rotatable bonds is 2. The SMILES string of the molecule is CCc1c2sc3ccccc3c2c2c([n+]1-c1ccc(C)cc1)CC(=O)NC2=O. The molecule has 0 radical (unpaired) electrons. The molecule has 2 amide bonds. The van der Waals surface area contributed by atoms with Crippen molar-refractivity contribution < 1.29 is 14.2 Å². The van der Waals surface area contributed by atoms with Crippen LogP contribution in [0.2, 0.25) is 0 Å². The molecule has 0 saturated carbocycles. The number of hydrogen-bond acceptors (Lipinski definition) is 3. The van der Waals surface area contributed by atoms with Crippen molar-refractivity contribution in [3.05, 3.63) is 71.0 Å². The van der Waals surface area contributed by atoms with E-state index in [1.165, 1.54) is 5.56 Å². The maximum atomic E-state index is 12.9. The summed E-state index contributed by atoms with van der Waals surface area (Å²) in [7, 11) is 0. The second-order valence-corrected chi connectivity index (χ2v) is 8.20. The standard InChI is InChI=1S/C23H18N2O2S/c1-3-16-22-20(15-6-4-5-7-18(15)28-22)21-17(12-19(26)24-23(21)27)25(16)14-10-8-13(2)9-11-14/h4-11H,3,12H2,1-2H3/p+1. The van der Waals surface area contributed by atoms with Crippen molar-refractivity contribution in [2.24, 2.45) is 0 Å². The number of carbonyl (C=O) groups is 2. The van der Waals surface area contributed by atoms with Gasteiger partial charge in [-0.25, -0.2) is 0 Å². The summed E-state index contributed by atoms with van der Waals surface area (Å²) < 4.78 is 4.40. The zero-order chi connectivity index (χ0) is 19.4. The van der Waals surface area contributed by atoms with E-state index in [9.17, 15) is 9.59 Å². The molecule has 0 unspecified atom stereocenters. The van der Waals surface area contributed by atoms with Crippen molar-refractivity contribution in [3.8, 4) is 5.69 Å². The Balaban J connectivity index is 2.01. The Morgan fingerprint density at radius 2 is 1.82 bits per heavy atom. The van der Waals surface area contributed by atoms with Gasteiger partial charge in [-0.1, -0.05) is 42.8 Å². The average molecular weight is 387 g/mol. The first-order valence-corrected chi connectivity index (χ1v) is 10.2. The molecule has 4 aromatic rings. The Hall–Kier alpha value is -3.05. The Bertz CT molecular complexity index is 1290. The predicted molar refractivity (Wildman–Crippen MR) is 111 cm³/mol. The number of thiophene rings is 1. The number of imide groups is 1. The van der Waals surface area contributed by atoms with E-state index in [4.69, 9.17) is 0 Å². The molecule has 0 aliphatic carbocycles. The first-order chi connectivity index (χ1) is 13.6. The number of carbonyl (C=O) groups excluding carboxylic acids is 2. The van der Waals surface area contributed by atoms with E-state index < -0.39 is 0 Å². The van der Waals surface area contributed by atoms with E-state index in [0.29, 0.717) is 5.56 Å². The van der Waals surface area contributed by atoms with E-state index in [1.54, 1.807) is 11.3 Å². The summed E-state index contributed by atoms with van der Waals surface area (Å²) in [5, 5.41) is 4.57. The number of pyridine rings is 1. The molecule has 3 heterocycles. The van der Waals surface area contributed by atoms with Gasteiger partial charge < -0.3 is 0 Å². The fraction of sp³-hybridized carbons (Fsp3) is 0.174. The predicted octanol–water partition coefficient (Wildman–Crippen LogP) is 4.01. The zero-order valence-electron chi connectivity index (χ0n) is 15.7. The van der Waals surface area contributed by atoms with E-state index in [0.717, 1.165) is 43.7 Å². The quantitative estimate of drug-likeness (QED) is 0.417. The molecule has 0 spiro atoms. The van der Waals surface area contributed by atoms with Gasteiger partial charge in [-0.15, -0.1) is 11.3 Å². The van der Waals surface area contributed by atoms with Gasteiger partial charge in [-0.2, -0.15) is 4.57 Å². The molecule has 2 aromatic carbocycles. The second-order valence-electron chi connectivity index (χ2n) is 7.15. The van der Waals surface area contributed by atoms with Gasteiger partial charge >= 0.3 is 0 Å². The van der Waals surface area contributed by atoms with E-state index in [1.807, 2.05) is 12.1 Å². The molecule has 2 aromatic heterocycles. The van der Waals surface area contributed by atoms with Crippen LogP contribution in [0.25, 0.3) is 25.9 Å². The van der Waals surface area contributed by atoms with E-state index >= 15 is 0 Å². The minimum absolute atomic E-state index is 0.196. The van der Waals surface area contributed by atoms with Crippen LogP contribution in [0.3, 0.4) is 0 Å². The molecule has 0 saturated heterocycles. The lowest BCUT2D eigenvalue weighted by Crippen LogP contribution is -2.49. The normalized spacial score (nSPS) is 13.8. The Labute approximate surface area is 166 Å². The number of fused-ring (bicyclic) bond motifs is 5. The Morgan fingerprint density at radius 3 is 2.57 bits per heavy atom. The average Bonchev–Trinajstić information content (AvgIpc) is 3.06. The third-order valence-corrected chi connectivity index (χ3v) is 6.59. The van der Waals surface area contributed by atoms with Gasteiger partial charge in [0.2, 0.25) is 23.0 Å². The van der Waals surface area contributed by atoms with Gasteiger partial charge in [0.1, 0.15) is 16.7 Å². The third kappa shape index (κ3) is 2.39. The molecule has 0 atom stereocenters. The second kappa shape index (κ2) is 6.24. The Morgan fingerprint density at radius 1 is 1.07 bits per heavy atom. The summed E-state index contributed by atoms with van der Waals surface area (Å²) in [6.07, 6.45) is 1.00. The molecule has 1 N–H and O–H groups in total. The first-order valence-electron chi connectivity index (χ1n) is 9.40. The molecule has 5 heteroatoms. The summed E-state index contributed by atoms with van der Waals surface area (Å²) >= 11 is 1.71. The zero-order valence-corrected chi connectivity index (χ0v) is 16.5. The fourth-order valence-electron chi connectivity index (χ4n) is 4.14. The van der Waals surface area contributed by atoms with Gasteiger partial charge in [-0.3, -0.25) is 14.9 Å². The Kier molecular flexibility index (Phi) is 3.81. The summed E-state index contributed by atoms with van der Waals surface area (Å²) in [5.74, 6) is -0.553. The van der Waals surface area contributed by atoms with Gasteiger partial charge in [-0.05, 0) is 13.0 Å². The lowest BCUT2D eigenvalue weighted by atomic mass is 9.97. The highest BCUT2D eigenvalue weighted by Gasteiger charge is 2.37. The van der Waals surface area contributed by atoms with Crippen molar-refractivity contribution >= 4 is 43.3 Å². The van der Waals surface area contributed by atoms with Crippen LogP contribution in [0.1, 0.15) is 34.2 Å². The lowest BCUT2D eigenvalue weighted by Gasteiger charge is -2.17. The molecule has 4 nitrogen and oxygen atoms in total. The summed E-state index contributed by atoms with van der Waals surface area (Å²) in [4.78, 5) is 25.2. The first kappa shape index (κ1) is 17.1. The molecular formula is C23H19N2O2S+. The van der Waals surface area contributed by atoms with Crippen LogP contribution in [-0.4, -0.2) is 11.8 Å². The summed E-state index contributed by atoms with van der Waals surface area (Å²) in [6.45, 7) is 4.18. The van der Waals surface area contributed by atoms with Crippen LogP contribution < -0.4 is 9.88 Å². The van der Waals surface area contributed by atoms with Gasteiger partial charge in [0.05, 0.1) is 0 Å². The highest BCUT2D eigenvalue weighted by atomic mass is 32.1. The van der Waals surface area contributed by atoms with Crippen LogP contribution in [0.4, 0.5) is 0 Å². The molecule has 1 aliphatic rings. The molecule has 5 rings (SSSR count). The van der Waals surface area contributed by atoms with Crippen molar-refractivity contribution in [2.45, 2.75) is 26.7 Å². The number of benzene rings is 2. The van der Waals surface area contributed by atoms with Crippen LogP contribution in [0, 0.1) is 6.92 Å². The monoisotopic (exact) mass is 387 g/mol. The molecule has 0 bridgehead atoms. The van der Waals surface area contributed by atoms with Crippen molar-refractivity contribution in [1.29, 1.82) is 0 Å². The molecule has 0 fully saturated rings. The maximum absolute atomic E-state index is 12.9. The summed E-state index contributed by atoms with van der Waals surface area (Å²) in [5.41, 5.74) is 4.71. The van der Waals surface area contributed by atoms with Gasteiger partial charge in [0, 0.05) is 34.0 Å². The number of amides is 2. The van der Waals surface area contributed by atoms with Gasteiger partial charge in [0.15, 0.2) is 0 Å². The number of aryl methyl sites for hydroxylation is 2. The van der Waals surface area contributed by atoms with Crippen molar-refractivity contribution in [1.82, 2.24) is 5.32 Å². The molecule has 28 heavy (non-hydrogen) atoms. The van der Waals surface area contributed by atoms with Crippen LogP contribution in [0.15, 0.2) is 48.5 Å².